The summed E-state index contributed by atoms with van der Waals surface area (Å²) in [6.45, 7) is 1.74. The smallest absolute Gasteiger partial charge is 0.145 e. The third-order valence-corrected chi connectivity index (χ3v) is 2.41. The molecule has 2 aromatic rings. The van der Waals surface area contributed by atoms with Gasteiger partial charge in [0.15, 0.2) is 0 Å². The summed E-state index contributed by atoms with van der Waals surface area (Å²) in [6, 6.07) is 5.83. The maximum atomic E-state index is 13.1. The van der Waals surface area contributed by atoms with Crippen molar-refractivity contribution in [1.29, 1.82) is 0 Å². The average Bonchev–Trinajstić information content (AvgIpc) is 2.40. The quantitative estimate of drug-likeness (QED) is 0.577. The van der Waals surface area contributed by atoms with Gasteiger partial charge in [0, 0.05) is 12.1 Å². The van der Waals surface area contributed by atoms with Crippen LogP contribution in [0, 0.1) is 12.7 Å². The Hall–Kier alpha value is -2.41. The minimum absolute atomic E-state index is 0.370. The molecule has 0 aliphatic carbocycles. The molecule has 0 saturated carbocycles. The number of rotatable bonds is 4. The van der Waals surface area contributed by atoms with Crippen LogP contribution in [0.1, 0.15) is 5.82 Å². The maximum absolute atomic E-state index is 13.1. The Morgan fingerprint density at radius 2 is 1.95 bits per heavy atom. The number of benzene rings is 1. The van der Waals surface area contributed by atoms with Crippen LogP contribution in [0.15, 0.2) is 24.3 Å². The molecule has 0 unspecified atom stereocenters. The zero-order valence-corrected chi connectivity index (χ0v) is 10.6. The predicted molar refractivity (Wildman–Crippen MR) is 70.8 cm³/mol. The van der Waals surface area contributed by atoms with E-state index in [0.717, 1.165) is 0 Å². The molecule has 0 atom stereocenters. The van der Waals surface area contributed by atoms with E-state index in [4.69, 9.17) is 10.6 Å². The number of anilines is 3. The van der Waals surface area contributed by atoms with Crippen LogP contribution in [0.4, 0.5) is 21.7 Å². The topological polar surface area (TPSA) is 85.1 Å². The number of hydrazine groups is 1. The number of ether oxygens (including phenoxy) is 1. The molecule has 7 heteroatoms. The van der Waals surface area contributed by atoms with Crippen LogP contribution in [-0.4, -0.2) is 17.1 Å². The SMILES string of the molecule is COc1cc(F)ccc1Nc1cc(NN)nc(C)n1. The zero-order chi connectivity index (χ0) is 13.8. The van der Waals surface area contributed by atoms with Crippen molar-refractivity contribution in [2.75, 3.05) is 17.9 Å². The number of hydrogen-bond acceptors (Lipinski definition) is 6. The fraction of sp³-hybridized carbons (Fsp3) is 0.167. The molecule has 100 valence electrons. The number of nitrogens with two attached hydrogens (primary N) is 1. The van der Waals surface area contributed by atoms with Gasteiger partial charge in [-0.3, -0.25) is 0 Å². The van der Waals surface area contributed by atoms with E-state index in [1.165, 1.54) is 19.2 Å². The molecule has 0 spiro atoms. The van der Waals surface area contributed by atoms with Crippen LogP contribution < -0.4 is 21.3 Å². The molecule has 4 N–H and O–H groups in total. The fourth-order valence-electron chi connectivity index (χ4n) is 1.61. The number of hydrogen-bond donors (Lipinski definition) is 3. The lowest BCUT2D eigenvalue weighted by Gasteiger charge is -2.11. The van der Waals surface area contributed by atoms with Crippen molar-refractivity contribution in [3.05, 3.63) is 35.9 Å². The summed E-state index contributed by atoms with van der Waals surface area (Å²) in [7, 11) is 1.47. The minimum Gasteiger partial charge on any atom is -0.494 e. The van der Waals surface area contributed by atoms with Gasteiger partial charge in [0.2, 0.25) is 0 Å². The number of methoxy groups -OCH3 is 1. The Bertz CT molecular complexity index is 590. The van der Waals surface area contributed by atoms with E-state index in [-0.39, 0.29) is 5.82 Å². The van der Waals surface area contributed by atoms with Gasteiger partial charge in [0.1, 0.15) is 29.0 Å². The van der Waals surface area contributed by atoms with Crippen molar-refractivity contribution in [2.45, 2.75) is 6.92 Å². The van der Waals surface area contributed by atoms with Crippen molar-refractivity contribution in [1.82, 2.24) is 9.97 Å². The molecule has 0 aliphatic rings. The molecule has 1 heterocycles. The number of nitrogens with zero attached hydrogens (tertiary/aromatic N) is 2. The molecule has 0 bridgehead atoms. The Morgan fingerprint density at radius 1 is 1.21 bits per heavy atom. The molecule has 1 aromatic heterocycles. The van der Waals surface area contributed by atoms with E-state index in [9.17, 15) is 4.39 Å². The number of aromatic nitrogens is 2. The summed E-state index contributed by atoms with van der Waals surface area (Å²) in [5.74, 6) is 6.90. The van der Waals surface area contributed by atoms with Crippen molar-refractivity contribution >= 4 is 17.3 Å². The van der Waals surface area contributed by atoms with E-state index in [0.29, 0.717) is 28.9 Å². The highest BCUT2D eigenvalue weighted by molar-refractivity contribution is 5.65. The highest BCUT2D eigenvalue weighted by Gasteiger charge is 2.07. The van der Waals surface area contributed by atoms with Crippen LogP contribution in [0.2, 0.25) is 0 Å². The highest BCUT2D eigenvalue weighted by atomic mass is 19.1. The Labute approximate surface area is 109 Å². The first kappa shape index (κ1) is 13.0. The highest BCUT2D eigenvalue weighted by Crippen LogP contribution is 2.28. The molecule has 6 nitrogen and oxygen atoms in total. The van der Waals surface area contributed by atoms with E-state index < -0.39 is 0 Å². The van der Waals surface area contributed by atoms with Crippen LogP contribution >= 0.6 is 0 Å². The predicted octanol–water partition coefficient (Wildman–Crippen LogP) is 1.96. The molecule has 0 radical (unpaired) electrons. The fourth-order valence-corrected chi connectivity index (χ4v) is 1.61. The van der Waals surface area contributed by atoms with Gasteiger partial charge in [0.05, 0.1) is 12.8 Å². The van der Waals surface area contributed by atoms with Crippen molar-refractivity contribution in [3.8, 4) is 5.75 Å². The normalized spacial score (nSPS) is 10.1. The van der Waals surface area contributed by atoms with Crippen LogP contribution in [-0.2, 0) is 0 Å². The van der Waals surface area contributed by atoms with Gasteiger partial charge >= 0.3 is 0 Å². The van der Waals surface area contributed by atoms with Crippen molar-refractivity contribution in [2.24, 2.45) is 5.84 Å². The third kappa shape index (κ3) is 3.08. The molecule has 0 fully saturated rings. The van der Waals surface area contributed by atoms with Gasteiger partial charge in [-0.05, 0) is 19.1 Å². The largest absolute Gasteiger partial charge is 0.494 e. The molecular weight excluding hydrogens is 249 g/mol. The number of halogens is 1. The number of nitrogen functional groups attached to an aromatic ring is 1. The molecule has 2 rings (SSSR count). The summed E-state index contributed by atoms with van der Waals surface area (Å²) in [5.41, 5.74) is 3.05. The Morgan fingerprint density at radius 3 is 2.63 bits per heavy atom. The second kappa shape index (κ2) is 5.49. The van der Waals surface area contributed by atoms with Gasteiger partial charge in [-0.15, -0.1) is 0 Å². The van der Waals surface area contributed by atoms with Gasteiger partial charge < -0.3 is 15.5 Å². The first-order valence-electron chi connectivity index (χ1n) is 5.55. The lowest BCUT2D eigenvalue weighted by Crippen LogP contribution is -2.10. The lowest BCUT2D eigenvalue weighted by atomic mass is 10.3. The summed E-state index contributed by atoms with van der Waals surface area (Å²) >= 11 is 0. The van der Waals surface area contributed by atoms with Gasteiger partial charge in [-0.1, -0.05) is 0 Å². The molecular formula is C12H14FN5O. The average molecular weight is 263 g/mol. The maximum Gasteiger partial charge on any atom is 0.145 e. The van der Waals surface area contributed by atoms with Crippen molar-refractivity contribution in [3.63, 3.8) is 0 Å². The summed E-state index contributed by atoms with van der Waals surface area (Å²) in [6.07, 6.45) is 0. The summed E-state index contributed by atoms with van der Waals surface area (Å²) in [4.78, 5) is 8.28. The van der Waals surface area contributed by atoms with Crippen LogP contribution in [0.25, 0.3) is 0 Å². The van der Waals surface area contributed by atoms with Gasteiger partial charge in [0.25, 0.3) is 0 Å². The standard InChI is InChI=1S/C12H14FN5O/c1-7-15-11(6-12(16-7)18-14)17-9-4-3-8(13)5-10(9)19-2/h3-6H,14H2,1-2H3,(H2,15,16,17,18). The molecule has 19 heavy (non-hydrogen) atoms. The van der Waals surface area contributed by atoms with E-state index >= 15 is 0 Å². The third-order valence-electron chi connectivity index (χ3n) is 2.41. The summed E-state index contributed by atoms with van der Waals surface area (Å²) in [5, 5.41) is 3.03. The number of nitrogens with one attached hydrogen (secondary N) is 2. The minimum atomic E-state index is -0.370. The first-order chi connectivity index (χ1) is 9.12. The molecule has 0 saturated heterocycles. The Kier molecular flexibility index (Phi) is 3.76. The summed E-state index contributed by atoms with van der Waals surface area (Å²) < 4.78 is 18.2. The lowest BCUT2D eigenvalue weighted by molar-refractivity contribution is 0.413. The first-order valence-corrected chi connectivity index (χ1v) is 5.55. The van der Waals surface area contributed by atoms with Crippen molar-refractivity contribution < 1.29 is 9.13 Å². The van der Waals surface area contributed by atoms with E-state index in [1.807, 2.05) is 0 Å². The second-order valence-corrected chi connectivity index (χ2v) is 3.80. The van der Waals surface area contributed by atoms with Gasteiger partial charge in [-0.25, -0.2) is 20.2 Å². The molecule has 1 aromatic carbocycles. The number of aryl methyl sites for hydroxylation is 1. The monoisotopic (exact) mass is 263 g/mol. The Balaban J connectivity index is 2.33. The van der Waals surface area contributed by atoms with Crippen LogP contribution in [0.3, 0.4) is 0 Å². The second-order valence-electron chi connectivity index (χ2n) is 3.80. The van der Waals surface area contributed by atoms with E-state index in [2.05, 4.69) is 20.7 Å². The van der Waals surface area contributed by atoms with Gasteiger partial charge in [-0.2, -0.15) is 0 Å². The van der Waals surface area contributed by atoms with E-state index in [1.54, 1.807) is 19.1 Å². The van der Waals surface area contributed by atoms with Crippen LogP contribution in [0.5, 0.6) is 5.75 Å². The molecule has 0 aliphatic heterocycles. The zero-order valence-electron chi connectivity index (χ0n) is 10.6. The molecule has 0 amide bonds.